The number of nitrogens with two attached hydrogens (primary N) is 1. The minimum atomic E-state index is -4.40. The number of carbonyl (C=O) groups is 2. The zero-order valence-electron chi connectivity index (χ0n) is 33.4. The van der Waals surface area contributed by atoms with Gasteiger partial charge in [-0.3, -0.25) is 18.6 Å². The Morgan fingerprint density at radius 2 is 1.07 bits per heavy atom. The van der Waals surface area contributed by atoms with E-state index < -0.39 is 32.5 Å². The van der Waals surface area contributed by atoms with E-state index in [0.717, 1.165) is 51.4 Å². The quantitative estimate of drug-likeness (QED) is 0.0210. The number of allylic oxidation sites excluding steroid dienone is 16. The van der Waals surface area contributed by atoms with Crippen molar-refractivity contribution in [2.75, 3.05) is 26.4 Å². The van der Waals surface area contributed by atoms with Crippen molar-refractivity contribution in [2.24, 2.45) is 5.73 Å². The molecule has 9 nitrogen and oxygen atoms in total. The maximum Gasteiger partial charge on any atom is 0.472 e. The number of phosphoric ester groups is 1. The van der Waals surface area contributed by atoms with E-state index in [2.05, 4.69) is 56.4 Å². The molecule has 0 aromatic rings. The molecule has 2 atom stereocenters. The molecule has 0 amide bonds. The van der Waals surface area contributed by atoms with Crippen LogP contribution in [0, 0.1) is 0 Å². The zero-order valence-corrected chi connectivity index (χ0v) is 34.3. The lowest BCUT2D eigenvalue weighted by Gasteiger charge is -2.19. The molecule has 10 heteroatoms. The largest absolute Gasteiger partial charge is 0.472 e. The monoisotopic (exact) mass is 773 g/mol. The summed E-state index contributed by atoms with van der Waals surface area (Å²) in [6.45, 7) is 3.35. The van der Waals surface area contributed by atoms with E-state index in [9.17, 15) is 19.0 Å². The molecule has 54 heavy (non-hydrogen) atoms. The standard InChI is InChI=1S/C44H72NO8P/c1-3-5-7-9-11-13-15-17-18-19-20-21-22-23-25-26-28-30-32-34-36-43(46)50-40-42(41-52-54(48,49)51-39-38-45)53-44(47)37-35-33-31-29-27-24-16-14-12-10-8-6-4-2/h5-8,10-14,16-18,24,27,29,31,42H,3-4,9,15,19-23,25-26,28,30,32-41,45H2,1-2H3,(H,48,49)/b7-5+,8-6+,12-10+,13-11+,16-14+,18-17+,27-24+,31-29+. The van der Waals surface area contributed by atoms with E-state index in [1.807, 2.05) is 54.7 Å². The normalized spacial score (nSPS) is 14.4. The van der Waals surface area contributed by atoms with E-state index in [1.165, 1.54) is 38.5 Å². The van der Waals surface area contributed by atoms with Gasteiger partial charge in [0.2, 0.25) is 0 Å². The van der Waals surface area contributed by atoms with Gasteiger partial charge in [0.25, 0.3) is 0 Å². The van der Waals surface area contributed by atoms with Gasteiger partial charge in [0, 0.05) is 19.4 Å². The van der Waals surface area contributed by atoms with Crippen LogP contribution in [0.15, 0.2) is 97.2 Å². The number of hydrogen-bond acceptors (Lipinski definition) is 8. The molecule has 306 valence electrons. The number of rotatable bonds is 36. The number of phosphoric acid groups is 1. The van der Waals surface area contributed by atoms with Gasteiger partial charge in [0.15, 0.2) is 6.10 Å². The third-order valence-electron chi connectivity index (χ3n) is 7.84. The Balaban J connectivity index is 4.25. The van der Waals surface area contributed by atoms with Crippen LogP contribution >= 0.6 is 7.82 Å². The summed E-state index contributed by atoms with van der Waals surface area (Å²) in [5.41, 5.74) is 5.33. The molecule has 0 aliphatic rings. The predicted octanol–water partition coefficient (Wildman–Crippen LogP) is 11.4. The van der Waals surface area contributed by atoms with Crippen LogP contribution < -0.4 is 5.73 Å². The smallest absolute Gasteiger partial charge is 0.462 e. The summed E-state index contributed by atoms with van der Waals surface area (Å²) in [4.78, 5) is 34.8. The first-order valence-corrected chi connectivity index (χ1v) is 21.8. The Morgan fingerprint density at radius 3 is 1.69 bits per heavy atom. The minimum absolute atomic E-state index is 0.0360. The fourth-order valence-electron chi connectivity index (χ4n) is 4.91. The first-order valence-electron chi connectivity index (χ1n) is 20.3. The highest BCUT2D eigenvalue weighted by Gasteiger charge is 2.25. The second-order valence-corrected chi connectivity index (χ2v) is 14.3. The highest BCUT2D eigenvalue weighted by atomic mass is 31.2. The zero-order chi connectivity index (χ0) is 39.6. The number of unbranched alkanes of at least 4 members (excludes halogenated alkanes) is 11. The molecule has 0 spiro atoms. The maximum atomic E-state index is 12.5. The van der Waals surface area contributed by atoms with Crippen molar-refractivity contribution in [3.05, 3.63) is 97.2 Å². The molecular formula is C44H72NO8P. The van der Waals surface area contributed by atoms with Crippen LogP contribution in [0.1, 0.15) is 136 Å². The van der Waals surface area contributed by atoms with Gasteiger partial charge in [-0.1, -0.05) is 162 Å². The summed E-state index contributed by atoms with van der Waals surface area (Å²) in [5, 5.41) is 0. The van der Waals surface area contributed by atoms with Gasteiger partial charge in [-0.05, 0) is 57.8 Å². The fraction of sp³-hybridized carbons (Fsp3) is 0.591. The fourth-order valence-corrected chi connectivity index (χ4v) is 5.68. The predicted molar refractivity (Wildman–Crippen MR) is 224 cm³/mol. The first kappa shape index (κ1) is 50.9. The summed E-state index contributed by atoms with van der Waals surface area (Å²) in [5.74, 6) is -0.931. The summed E-state index contributed by atoms with van der Waals surface area (Å²) < 4.78 is 32.6. The Bertz CT molecular complexity index is 1200. The average Bonchev–Trinajstić information content (AvgIpc) is 3.16. The number of ether oxygens (including phenoxy) is 2. The lowest BCUT2D eigenvalue weighted by atomic mass is 10.1. The molecule has 0 aliphatic carbocycles. The van der Waals surface area contributed by atoms with E-state index in [1.54, 1.807) is 0 Å². The molecule has 3 N–H and O–H groups in total. The van der Waals surface area contributed by atoms with Crippen molar-refractivity contribution in [3.8, 4) is 0 Å². The molecule has 0 radical (unpaired) electrons. The molecule has 0 aromatic carbocycles. The Hall–Kier alpha value is -3.07. The lowest BCUT2D eigenvalue weighted by Crippen LogP contribution is -2.29. The molecule has 0 saturated heterocycles. The Labute approximate surface area is 327 Å². The number of hydrogen-bond donors (Lipinski definition) is 2. The molecule has 0 aromatic heterocycles. The molecular weight excluding hydrogens is 701 g/mol. The highest BCUT2D eigenvalue weighted by molar-refractivity contribution is 7.47. The summed E-state index contributed by atoms with van der Waals surface area (Å²) in [6.07, 6.45) is 50.3. The van der Waals surface area contributed by atoms with Crippen LogP contribution in [0.25, 0.3) is 0 Å². The van der Waals surface area contributed by atoms with Crippen molar-refractivity contribution in [3.63, 3.8) is 0 Å². The SMILES string of the molecule is CC/C=C/C=C/C=C/C=C/C=C/CCCC(=O)OC(COC(=O)CCCCCCCCCCCC/C=C/C/C=C/C/C=C/CC)COP(=O)(O)OCCN. The summed E-state index contributed by atoms with van der Waals surface area (Å²) in [7, 11) is -4.40. The first-order chi connectivity index (χ1) is 26.3. The summed E-state index contributed by atoms with van der Waals surface area (Å²) >= 11 is 0. The van der Waals surface area contributed by atoms with Crippen LogP contribution in [0.5, 0.6) is 0 Å². The molecule has 0 heterocycles. The third-order valence-corrected chi connectivity index (χ3v) is 8.83. The van der Waals surface area contributed by atoms with Crippen molar-refractivity contribution < 1.29 is 37.6 Å². The maximum absolute atomic E-state index is 12.5. The van der Waals surface area contributed by atoms with Gasteiger partial charge in [0.1, 0.15) is 6.61 Å². The van der Waals surface area contributed by atoms with E-state index in [-0.39, 0.29) is 32.6 Å². The van der Waals surface area contributed by atoms with Crippen molar-refractivity contribution in [1.82, 2.24) is 0 Å². The van der Waals surface area contributed by atoms with Gasteiger partial charge >= 0.3 is 19.8 Å². The van der Waals surface area contributed by atoms with Gasteiger partial charge in [0.05, 0.1) is 13.2 Å². The average molecular weight is 774 g/mol. The van der Waals surface area contributed by atoms with Gasteiger partial charge < -0.3 is 20.1 Å². The van der Waals surface area contributed by atoms with Crippen molar-refractivity contribution >= 4 is 19.8 Å². The van der Waals surface area contributed by atoms with Crippen LogP contribution in [0.2, 0.25) is 0 Å². The van der Waals surface area contributed by atoms with E-state index >= 15 is 0 Å². The van der Waals surface area contributed by atoms with Crippen LogP contribution in [0.3, 0.4) is 0 Å². The molecule has 0 fully saturated rings. The van der Waals surface area contributed by atoms with E-state index in [0.29, 0.717) is 19.3 Å². The van der Waals surface area contributed by atoms with Gasteiger partial charge in [-0.25, -0.2) is 4.57 Å². The lowest BCUT2D eigenvalue weighted by molar-refractivity contribution is -0.161. The summed E-state index contributed by atoms with van der Waals surface area (Å²) in [6, 6.07) is 0. The van der Waals surface area contributed by atoms with Crippen LogP contribution in [-0.2, 0) is 32.7 Å². The molecule has 0 bridgehead atoms. The minimum Gasteiger partial charge on any atom is -0.462 e. The van der Waals surface area contributed by atoms with E-state index in [4.69, 9.17) is 24.3 Å². The Morgan fingerprint density at radius 1 is 0.574 bits per heavy atom. The van der Waals surface area contributed by atoms with Crippen LogP contribution in [0.4, 0.5) is 0 Å². The number of carbonyl (C=O) groups excluding carboxylic acids is 2. The second kappa shape index (κ2) is 39.6. The van der Waals surface area contributed by atoms with Crippen molar-refractivity contribution in [1.29, 1.82) is 0 Å². The van der Waals surface area contributed by atoms with Gasteiger partial charge in [-0.2, -0.15) is 0 Å². The Kier molecular flexibility index (Phi) is 37.4. The van der Waals surface area contributed by atoms with Crippen LogP contribution in [-0.4, -0.2) is 49.3 Å². The highest BCUT2D eigenvalue weighted by Crippen LogP contribution is 2.43. The third kappa shape index (κ3) is 38.6. The topological polar surface area (TPSA) is 134 Å². The molecule has 0 rings (SSSR count). The number of esters is 2. The molecule has 0 aliphatic heterocycles. The molecule has 2 unspecified atom stereocenters. The molecule has 0 saturated carbocycles. The van der Waals surface area contributed by atoms with Gasteiger partial charge in [-0.15, -0.1) is 0 Å². The second-order valence-electron chi connectivity index (χ2n) is 12.9. The van der Waals surface area contributed by atoms with Crippen molar-refractivity contribution in [2.45, 2.75) is 142 Å².